The first kappa shape index (κ1) is 14.9. The van der Waals surface area contributed by atoms with Crippen molar-refractivity contribution in [3.8, 4) is 0 Å². The molecule has 2 aromatic heterocycles. The van der Waals surface area contributed by atoms with Crippen LogP contribution in [-0.2, 0) is 0 Å². The molecule has 0 saturated heterocycles. The fraction of sp³-hybridized carbons (Fsp3) is 0.111. The van der Waals surface area contributed by atoms with E-state index in [1.54, 1.807) is 12.2 Å². The van der Waals surface area contributed by atoms with Crippen molar-refractivity contribution >= 4 is 45.7 Å². The van der Waals surface area contributed by atoms with Gasteiger partial charge in [0.05, 0.1) is 10.4 Å². The van der Waals surface area contributed by atoms with Gasteiger partial charge in [0.25, 0.3) is 0 Å². The van der Waals surface area contributed by atoms with E-state index in [-0.39, 0.29) is 5.78 Å². The van der Waals surface area contributed by atoms with Crippen molar-refractivity contribution in [1.29, 1.82) is 0 Å². The number of allylic oxidation sites excluding steroid dienone is 1. The molecule has 0 spiro atoms. The molecule has 3 rings (SSSR count). The maximum atomic E-state index is 12.2. The molecule has 2 heterocycles. The van der Waals surface area contributed by atoms with Crippen LogP contribution in [0.4, 0.5) is 0 Å². The third kappa shape index (κ3) is 2.96. The summed E-state index contributed by atoms with van der Waals surface area (Å²) in [5.74, 6) is -0.00688. The average Bonchev–Trinajstić information content (AvgIpc) is 2.91. The van der Waals surface area contributed by atoms with Gasteiger partial charge in [0, 0.05) is 10.9 Å². The second-order valence-corrected chi connectivity index (χ2v) is 6.47. The van der Waals surface area contributed by atoms with Gasteiger partial charge in [-0.3, -0.25) is 4.79 Å². The Labute approximate surface area is 138 Å². The Morgan fingerprint density at radius 2 is 2.05 bits per heavy atom. The second kappa shape index (κ2) is 6.03. The number of hydrogen-bond acceptors (Lipinski definition) is 3. The first-order valence-corrected chi connectivity index (χ1v) is 8.14. The summed E-state index contributed by atoms with van der Waals surface area (Å²) < 4.78 is 0. The van der Waals surface area contributed by atoms with Crippen molar-refractivity contribution in [2.75, 3.05) is 0 Å². The number of aryl methyl sites for hydroxylation is 2. The van der Waals surface area contributed by atoms with E-state index in [4.69, 9.17) is 11.6 Å². The maximum Gasteiger partial charge on any atom is 0.196 e. The highest BCUT2D eigenvalue weighted by atomic mass is 35.5. The summed E-state index contributed by atoms with van der Waals surface area (Å²) in [7, 11) is 0. The van der Waals surface area contributed by atoms with Crippen molar-refractivity contribution in [3.63, 3.8) is 0 Å². The van der Waals surface area contributed by atoms with Crippen LogP contribution in [0.25, 0.3) is 17.0 Å². The predicted octanol–water partition coefficient (Wildman–Crippen LogP) is 5.46. The number of carbonyl (C=O) groups is 1. The number of benzene rings is 1. The smallest absolute Gasteiger partial charge is 0.196 e. The fourth-order valence-corrected chi connectivity index (χ4v) is 3.31. The van der Waals surface area contributed by atoms with Gasteiger partial charge >= 0.3 is 0 Å². The van der Waals surface area contributed by atoms with E-state index in [0.29, 0.717) is 5.15 Å². The Morgan fingerprint density at radius 3 is 2.77 bits per heavy atom. The molecule has 0 atom stereocenters. The number of ketones is 1. The molecule has 110 valence electrons. The van der Waals surface area contributed by atoms with Crippen LogP contribution in [-0.4, -0.2) is 10.8 Å². The molecule has 2 nitrogen and oxygen atoms in total. The third-order valence-electron chi connectivity index (χ3n) is 3.45. The number of pyridine rings is 1. The van der Waals surface area contributed by atoms with Gasteiger partial charge in [0.1, 0.15) is 5.15 Å². The van der Waals surface area contributed by atoms with E-state index >= 15 is 0 Å². The first-order valence-electron chi connectivity index (χ1n) is 6.88. The summed E-state index contributed by atoms with van der Waals surface area (Å²) in [6, 6.07) is 9.94. The van der Waals surface area contributed by atoms with Crippen LogP contribution in [0.5, 0.6) is 0 Å². The van der Waals surface area contributed by atoms with Gasteiger partial charge in [-0.2, -0.15) is 0 Å². The van der Waals surface area contributed by atoms with E-state index in [1.165, 1.54) is 11.3 Å². The Bertz CT molecular complexity index is 895. The highest BCUT2D eigenvalue weighted by molar-refractivity contribution is 7.12. The van der Waals surface area contributed by atoms with Crippen LogP contribution in [0.1, 0.15) is 26.4 Å². The second-order valence-electron chi connectivity index (χ2n) is 5.19. The van der Waals surface area contributed by atoms with E-state index < -0.39 is 0 Å². The summed E-state index contributed by atoms with van der Waals surface area (Å²) in [5, 5.41) is 3.34. The lowest BCUT2D eigenvalue weighted by Crippen LogP contribution is -1.93. The number of halogens is 1. The minimum Gasteiger partial charge on any atom is -0.288 e. The zero-order chi connectivity index (χ0) is 15.7. The number of nitrogens with zero attached hydrogens (tertiary/aromatic N) is 1. The minimum absolute atomic E-state index is 0.00688. The molecule has 0 fully saturated rings. The normalized spacial score (nSPS) is 11.4. The van der Waals surface area contributed by atoms with Gasteiger partial charge in [0.15, 0.2) is 5.78 Å². The SMILES string of the molecule is Cc1ccc2cc(/C=C/C(=O)c3sccc3C)c(Cl)nc2c1. The molecule has 0 saturated carbocycles. The zero-order valence-corrected chi connectivity index (χ0v) is 13.8. The van der Waals surface area contributed by atoms with Crippen molar-refractivity contribution in [3.05, 3.63) is 68.5 Å². The molecule has 0 N–H and O–H groups in total. The molecular weight excluding hydrogens is 314 g/mol. The van der Waals surface area contributed by atoms with E-state index in [0.717, 1.165) is 32.5 Å². The number of fused-ring (bicyclic) bond motifs is 1. The quantitative estimate of drug-likeness (QED) is 0.363. The number of hydrogen-bond donors (Lipinski definition) is 0. The molecule has 4 heteroatoms. The van der Waals surface area contributed by atoms with Gasteiger partial charge in [-0.05, 0) is 60.7 Å². The van der Waals surface area contributed by atoms with Crippen LogP contribution >= 0.6 is 22.9 Å². The first-order chi connectivity index (χ1) is 10.5. The molecule has 3 aromatic rings. The van der Waals surface area contributed by atoms with E-state index in [9.17, 15) is 4.79 Å². The van der Waals surface area contributed by atoms with Crippen molar-refractivity contribution in [2.45, 2.75) is 13.8 Å². The molecule has 0 aliphatic rings. The van der Waals surface area contributed by atoms with Gasteiger partial charge in [-0.1, -0.05) is 23.7 Å². The van der Waals surface area contributed by atoms with Gasteiger partial charge in [0.2, 0.25) is 0 Å². The Morgan fingerprint density at radius 1 is 1.23 bits per heavy atom. The molecule has 0 bridgehead atoms. The number of thiophene rings is 1. The summed E-state index contributed by atoms with van der Waals surface area (Å²) >= 11 is 7.68. The number of carbonyl (C=O) groups excluding carboxylic acids is 1. The summed E-state index contributed by atoms with van der Waals surface area (Å²) in [6.45, 7) is 3.95. The van der Waals surface area contributed by atoms with E-state index in [1.807, 2.05) is 49.6 Å². The highest BCUT2D eigenvalue weighted by Crippen LogP contribution is 2.23. The highest BCUT2D eigenvalue weighted by Gasteiger charge is 2.08. The lowest BCUT2D eigenvalue weighted by molar-refractivity contribution is 0.105. The van der Waals surface area contributed by atoms with Crippen LogP contribution in [0, 0.1) is 13.8 Å². The van der Waals surface area contributed by atoms with Crippen molar-refractivity contribution < 1.29 is 4.79 Å². The van der Waals surface area contributed by atoms with E-state index in [2.05, 4.69) is 4.98 Å². The fourth-order valence-electron chi connectivity index (χ4n) is 2.25. The molecule has 0 aliphatic heterocycles. The van der Waals surface area contributed by atoms with Crippen LogP contribution in [0.2, 0.25) is 5.15 Å². The molecule has 0 radical (unpaired) electrons. The zero-order valence-electron chi connectivity index (χ0n) is 12.3. The Hall–Kier alpha value is -1.97. The number of aromatic nitrogens is 1. The lowest BCUT2D eigenvalue weighted by Gasteiger charge is -2.03. The minimum atomic E-state index is -0.00688. The summed E-state index contributed by atoms with van der Waals surface area (Å²) in [4.78, 5) is 17.3. The topological polar surface area (TPSA) is 30.0 Å². The summed E-state index contributed by atoms with van der Waals surface area (Å²) in [6.07, 6.45) is 3.29. The largest absolute Gasteiger partial charge is 0.288 e. The van der Waals surface area contributed by atoms with Crippen molar-refractivity contribution in [2.24, 2.45) is 0 Å². The molecular formula is C18H14ClNOS. The van der Waals surface area contributed by atoms with Gasteiger partial charge in [-0.25, -0.2) is 4.98 Å². The lowest BCUT2D eigenvalue weighted by atomic mass is 10.1. The third-order valence-corrected chi connectivity index (χ3v) is 4.79. The van der Waals surface area contributed by atoms with Gasteiger partial charge in [-0.15, -0.1) is 11.3 Å². The maximum absolute atomic E-state index is 12.2. The molecule has 1 aromatic carbocycles. The predicted molar refractivity (Wildman–Crippen MR) is 93.9 cm³/mol. The summed E-state index contributed by atoms with van der Waals surface area (Å²) in [5.41, 5.74) is 3.75. The monoisotopic (exact) mass is 327 g/mol. The Kier molecular flexibility index (Phi) is 4.10. The standard InChI is InChI=1S/C18H14ClNOS/c1-11-3-4-13-10-14(18(19)20-15(13)9-11)5-6-16(21)17-12(2)7-8-22-17/h3-10H,1-2H3/b6-5+. The number of rotatable bonds is 3. The molecule has 0 aliphatic carbocycles. The Balaban J connectivity index is 1.95. The van der Waals surface area contributed by atoms with Gasteiger partial charge < -0.3 is 0 Å². The molecule has 22 heavy (non-hydrogen) atoms. The molecule has 0 unspecified atom stereocenters. The van der Waals surface area contributed by atoms with Crippen LogP contribution in [0.3, 0.4) is 0 Å². The van der Waals surface area contributed by atoms with Crippen molar-refractivity contribution in [1.82, 2.24) is 4.98 Å². The van der Waals surface area contributed by atoms with Crippen LogP contribution < -0.4 is 0 Å². The van der Waals surface area contributed by atoms with Crippen LogP contribution in [0.15, 0.2) is 41.8 Å². The average molecular weight is 328 g/mol. The molecule has 0 amide bonds.